The van der Waals surface area contributed by atoms with E-state index < -0.39 is 65.0 Å². The molecule has 1 spiro atoms. The van der Waals surface area contributed by atoms with E-state index in [2.05, 4.69) is 26.6 Å². The number of hydrogen-bond acceptors (Lipinski definition) is 8. The molecule has 0 bridgehead atoms. The molecule has 43 heavy (non-hydrogen) atoms. The average Bonchev–Trinajstić information content (AvgIpc) is 2.87. The summed E-state index contributed by atoms with van der Waals surface area (Å²) in [5, 5.41) is 24.0. The summed E-state index contributed by atoms with van der Waals surface area (Å²) in [4.78, 5) is 67.4. The number of carbonyl (C=O) groups is 5. The fraction of sp³-hybridized carbons (Fsp3) is 0.633. The van der Waals surface area contributed by atoms with Gasteiger partial charge in [-0.15, -0.1) is 0 Å². The molecule has 13 heteroatoms. The van der Waals surface area contributed by atoms with Crippen molar-refractivity contribution in [1.82, 2.24) is 31.5 Å². The predicted octanol–water partition coefficient (Wildman–Crippen LogP) is 0.553. The highest BCUT2D eigenvalue weighted by atomic mass is 16.6. The maximum absolute atomic E-state index is 13.6. The number of ether oxygens (including phenoxy) is 1. The van der Waals surface area contributed by atoms with Crippen LogP contribution in [0, 0.1) is 5.92 Å². The van der Waals surface area contributed by atoms with E-state index in [4.69, 9.17) is 4.74 Å². The molecule has 238 valence electrons. The first-order valence-corrected chi connectivity index (χ1v) is 14.7. The Morgan fingerprint density at radius 1 is 0.930 bits per heavy atom. The summed E-state index contributed by atoms with van der Waals surface area (Å²) in [6.07, 6.45) is -0.0937. The highest BCUT2D eigenvalue weighted by Crippen LogP contribution is 2.24. The fourth-order valence-electron chi connectivity index (χ4n) is 5.06. The Kier molecular flexibility index (Phi) is 10.7. The van der Waals surface area contributed by atoms with Crippen molar-refractivity contribution in [1.29, 1.82) is 0 Å². The minimum atomic E-state index is -1.04. The summed E-state index contributed by atoms with van der Waals surface area (Å²) in [6.45, 7) is 12.7. The van der Waals surface area contributed by atoms with Gasteiger partial charge in [-0.1, -0.05) is 26.0 Å². The Bertz CT molecular complexity index is 1190. The Morgan fingerprint density at radius 3 is 2.09 bits per heavy atom. The quantitative estimate of drug-likeness (QED) is 0.289. The van der Waals surface area contributed by atoms with E-state index in [0.29, 0.717) is 12.0 Å². The van der Waals surface area contributed by atoms with Gasteiger partial charge in [-0.2, -0.15) is 0 Å². The zero-order chi connectivity index (χ0) is 32.1. The van der Waals surface area contributed by atoms with Crippen molar-refractivity contribution in [3.63, 3.8) is 0 Å². The number of likely N-dealkylation sites (tertiary alicyclic amines) is 1. The summed E-state index contributed by atoms with van der Waals surface area (Å²) in [5.41, 5.74) is -0.860. The standard InChI is InChI=1S/C30H46N6O7/c1-17(2)12-22-26(40)32-18(3)24(38)31-14-30(15-36(16-30)28(42)43-29(5,6)7)35-19(4)25(39)33-23(27(41)34-22)13-20-8-10-21(37)11-9-20/h8-11,17-19,22-23,35,37H,12-16H2,1-7H3,(H,31,38)(H,32,40)(H,33,39)(H,34,41)/t18-,19-,22-,23-/m0/s1. The van der Waals surface area contributed by atoms with Crippen LogP contribution in [-0.2, 0) is 30.3 Å². The summed E-state index contributed by atoms with van der Waals surface area (Å²) in [6, 6.07) is 2.57. The van der Waals surface area contributed by atoms with E-state index in [1.807, 2.05) is 13.8 Å². The van der Waals surface area contributed by atoms with Crippen molar-refractivity contribution < 1.29 is 33.8 Å². The smallest absolute Gasteiger partial charge is 0.410 e. The van der Waals surface area contributed by atoms with Crippen LogP contribution in [0.4, 0.5) is 4.79 Å². The third-order valence-electron chi connectivity index (χ3n) is 7.26. The van der Waals surface area contributed by atoms with Crippen LogP contribution in [0.15, 0.2) is 24.3 Å². The molecule has 0 radical (unpaired) electrons. The SMILES string of the molecule is CC(C)C[C@@H]1NC(=O)[C@H](Cc2ccc(O)cc2)NC(=O)[C@H](C)NC2(CNC(=O)[C@H](C)NC1=O)CN(C(=O)OC(C)(C)C)C2. The van der Waals surface area contributed by atoms with Gasteiger partial charge in [0.15, 0.2) is 0 Å². The molecule has 2 saturated heterocycles. The maximum atomic E-state index is 13.6. The van der Waals surface area contributed by atoms with Crippen molar-refractivity contribution in [2.24, 2.45) is 5.92 Å². The molecule has 1 aromatic rings. The molecule has 6 N–H and O–H groups in total. The number of phenolic OH excluding ortho intramolecular Hbond substituents is 1. The summed E-state index contributed by atoms with van der Waals surface area (Å²) in [7, 11) is 0. The second-order valence-corrected chi connectivity index (χ2v) is 13.1. The van der Waals surface area contributed by atoms with Gasteiger partial charge >= 0.3 is 6.09 Å². The van der Waals surface area contributed by atoms with Crippen LogP contribution in [0.25, 0.3) is 0 Å². The zero-order valence-corrected chi connectivity index (χ0v) is 26.1. The number of nitrogens with zero attached hydrogens (tertiary/aromatic N) is 1. The monoisotopic (exact) mass is 602 g/mol. The molecule has 0 saturated carbocycles. The van der Waals surface area contributed by atoms with Crippen LogP contribution in [0.1, 0.15) is 60.5 Å². The van der Waals surface area contributed by atoms with Gasteiger partial charge in [-0.25, -0.2) is 4.79 Å². The fourth-order valence-corrected chi connectivity index (χ4v) is 5.06. The molecule has 0 aromatic heterocycles. The van der Waals surface area contributed by atoms with Crippen LogP contribution in [0.5, 0.6) is 5.75 Å². The van der Waals surface area contributed by atoms with Crippen molar-refractivity contribution in [3.8, 4) is 5.75 Å². The molecule has 2 fully saturated rings. The zero-order valence-electron chi connectivity index (χ0n) is 26.1. The molecule has 13 nitrogen and oxygen atoms in total. The van der Waals surface area contributed by atoms with Gasteiger partial charge in [0.1, 0.15) is 29.5 Å². The molecule has 4 atom stereocenters. The minimum Gasteiger partial charge on any atom is -0.508 e. The Morgan fingerprint density at radius 2 is 1.51 bits per heavy atom. The van der Waals surface area contributed by atoms with Gasteiger partial charge in [0, 0.05) is 26.1 Å². The van der Waals surface area contributed by atoms with E-state index in [1.54, 1.807) is 46.8 Å². The first kappa shape index (κ1) is 33.6. The normalized spacial score (nSPS) is 25.4. The number of hydrogen-bond donors (Lipinski definition) is 6. The van der Waals surface area contributed by atoms with E-state index in [-0.39, 0.29) is 37.7 Å². The van der Waals surface area contributed by atoms with Crippen LogP contribution < -0.4 is 26.6 Å². The lowest BCUT2D eigenvalue weighted by Crippen LogP contribution is -2.76. The molecule has 1 aromatic carbocycles. The average molecular weight is 603 g/mol. The number of amides is 5. The third kappa shape index (κ3) is 9.57. The molecule has 3 rings (SSSR count). The van der Waals surface area contributed by atoms with Crippen molar-refractivity contribution >= 4 is 29.7 Å². The topological polar surface area (TPSA) is 178 Å². The van der Waals surface area contributed by atoms with Crippen LogP contribution in [-0.4, -0.2) is 94.7 Å². The van der Waals surface area contributed by atoms with Gasteiger partial charge in [0.2, 0.25) is 23.6 Å². The maximum Gasteiger partial charge on any atom is 0.410 e. The van der Waals surface area contributed by atoms with E-state index in [0.717, 1.165) is 0 Å². The molecular formula is C30H46N6O7. The van der Waals surface area contributed by atoms with Gasteiger partial charge < -0.3 is 36.0 Å². The lowest BCUT2D eigenvalue weighted by atomic mass is 9.88. The number of phenols is 1. The largest absolute Gasteiger partial charge is 0.508 e. The second kappa shape index (κ2) is 13.6. The lowest BCUT2D eigenvalue weighted by Gasteiger charge is -2.51. The molecular weight excluding hydrogens is 556 g/mol. The number of aromatic hydroxyl groups is 1. The van der Waals surface area contributed by atoms with Crippen molar-refractivity contribution in [2.75, 3.05) is 19.6 Å². The molecule has 0 unspecified atom stereocenters. The summed E-state index contributed by atoms with van der Waals surface area (Å²) < 4.78 is 5.47. The number of benzene rings is 1. The lowest BCUT2D eigenvalue weighted by molar-refractivity contribution is -0.134. The molecule has 0 aliphatic carbocycles. The van der Waals surface area contributed by atoms with Crippen LogP contribution >= 0.6 is 0 Å². The van der Waals surface area contributed by atoms with Crippen molar-refractivity contribution in [3.05, 3.63) is 29.8 Å². The highest BCUT2D eigenvalue weighted by molar-refractivity contribution is 5.95. The van der Waals surface area contributed by atoms with Gasteiger partial charge in [-0.3, -0.25) is 24.5 Å². The Hall–Kier alpha value is -3.87. The first-order chi connectivity index (χ1) is 20.0. The van der Waals surface area contributed by atoms with Crippen LogP contribution in [0.2, 0.25) is 0 Å². The first-order valence-electron chi connectivity index (χ1n) is 14.7. The van der Waals surface area contributed by atoms with Crippen LogP contribution in [0.3, 0.4) is 0 Å². The predicted molar refractivity (Wildman–Crippen MR) is 159 cm³/mol. The number of carbonyl (C=O) groups excluding carboxylic acids is 5. The van der Waals surface area contributed by atoms with E-state index in [9.17, 15) is 29.1 Å². The van der Waals surface area contributed by atoms with E-state index >= 15 is 0 Å². The molecule has 2 aliphatic heterocycles. The van der Waals surface area contributed by atoms with Gasteiger partial charge in [0.25, 0.3) is 0 Å². The number of nitrogens with one attached hydrogen (secondary N) is 5. The molecule has 2 aliphatic rings. The molecule has 5 amide bonds. The Labute approximate surface area is 252 Å². The van der Waals surface area contributed by atoms with Gasteiger partial charge in [-0.05, 0) is 64.7 Å². The highest BCUT2D eigenvalue weighted by Gasteiger charge is 2.48. The number of rotatable bonds is 4. The van der Waals surface area contributed by atoms with Gasteiger partial charge in [0.05, 0.1) is 11.6 Å². The second-order valence-electron chi connectivity index (χ2n) is 13.1. The summed E-state index contributed by atoms with van der Waals surface area (Å²) in [5.74, 6) is -1.89. The molecule has 2 heterocycles. The minimum absolute atomic E-state index is 0.0445. The third-order valence-corrected chi connectivity index (χ3v) is 7.26. The summed E-state index contributed by atoms with van der Waals surface area (Å²) >= 11 is 0. The Balaban J connectivity index is 1.90. The van der Waals surface area contributed by atoms with E-state index in [1.165, 1.54) is 17.0 Å². The van der Waals surface area contributed by atoms with Crippen molar-refractivity contribution in [2.45, 2.75) is 96.6 Å².